The lowest BCUT2D eigenvalue weighted by Crippen LogP contribution is -2.22. The third-order valence-corrected chi connectivity index (χ3v) is 5.27. The first-order valence-electron chi connectivity index (χ1n) is 8.54. The Morgan fingerprint density at radius 1 is 1.24 bits per heavy atom. The Morgan fingerprint density at radius 2 is 2.04 bits per heavy atom. The third kappa shape index (κ3) is 4.21. The quantitative estimate of drug-likeness (QED) is 0.527. The van der Waals surface area contributed by atoms with Gasteiger partial charge in [-0.3, -0.25) is 0 Å². The number of fused-ring (bicyclic) bond motifs is 1. The number of nitrogens with zero attached hydrogens (tertiary/aromatic N) is 4. The topological polar surface area (TPSA) is 108 Å². The highest BCUT2D eigenvalue weighted by molar-refractivity contribution is 9.10. The highest BCUT2D eigenvalue weighted by atomic mass is 79.9. The van der Waals surface area contributed by atoms with E-state index in [2.05, 4.69) is 30.9 Å². The van der Waals surface area contributed by atoms with Crippen LogP contribution in [-0.2, 0) is 11.3 Å². The predicted octanol–water partition coefficient (Wildman–Crippen LogP) is 1.99. The third-order valence-electron chi connectivity index (χ3n) is 4.66. The van der Waals surface area contributed by atoms with Gasteiger partial charge in [-0.05, 0) is 47.0 Å². The summed E-state index contributed by atoms with van der Waals surface area (Å²) >= 11 is 3.51. The summed E-state index contributed by atoms with van der Waals surface area (Å²) in [6.45, 7) is 1.85. The first kappa shape index (κ1) is 18.3. The van der Waals surface area contributed by atoms with Crippen LogP contribution < -0.4 is 10.5 Å². The van der Waals surface area contributed by atoms with Gasteiger partial charge in [0, 0.05) is 20.3 Å². The molecule has 0 radical (unpaired) electrons. The van der Waals surface area contributed by atoms with Gasteiger partial charge in [0.15, 0.2) is 21.7 Å². The number of methoxy groups -OCH3 is 1. The Bertz CT molecular complexity index is 723. The fourth-order valence-corrected chi connectivity index (χ4v) is 3.90. The molecule has 138 valence electrons. The van der Waals surface area contributed by atoms with Crippen LogP contribution in [0.2, 0.25) is 0 Å². The fourth-order valence-electron chi connectivity index (χ4n) is 3.41. The monoisotopic (exact) mass is 413 g/mol. The number of nitrogen functional groups attached to an aromatic ring is 1. The molecule has 8 nitrogen and oxygen atoms in total. The summed E-state index contributed by atoms with van der Waals surface area (Å²) in [4.78, 5) is 13.1. The van der Waals surface area contributed by atoms with Gasteiger partial charge in [-0.1, -0.05) is 6.42 Å². The molecule has 2 unspecified atom stereocenters. The molecule has 2 heterocycles. The second-order valence-electron chi connectivity index (χ2n) is 6.48. The number of ether oxygens (including phenoxy) is 2. The van der Waals surface area contributed by atoms with Crippen LogP contribution in [0.25, 0.3) is 11.2 Å². The Balaban J connectivity index is 1.85. The van der Waals surface area contributed by atoms with E-state index < -0.39 is 0 Å². The van der Waals surface area contributed by atoms with Gasteiger partial charge in [-0.2, -0.15) is 9.97 Å². The van der Waals surface area contributed by atoms with Gasteiger partial charge in [0.1, 0.15) is 6.61 Å². The summed E-state index contributed by atoms with van der Waals surface area (Å²) in [6.07, 6.45) is 4.40. The van der Waals surface area contributed by atoms with Crippen molar-refractivity contribution in [1.29, 1.82) is 0 Å². The first-order valence-corrected chi connectivity index (χ1v) is 9.33. The van der Waals surface area contributed by atoms with Crippen molar-refractivity contribution in [3.05, 3.63) is 4.73 Å². The molecule has 25 heavy (non-hydrogen) atoms. The molecule has 1 aliphatic rings. The highest BCUT2D eigenvalue weighted by Crippen LogP contribution is 2.32. The van der Waals surface area contributed by atoms with E-state index in [0.717, 1.165) is 32.2 Å². The number of anilines is 1. The Labute approximate surface area is 154 Å². The maximum absolute atomic E-state index is 9.44. The van der Waals surface area contributed by atoms with Gasteiger partial charge < -0.3 is 24.9 Å². The molecule has 0 aliphatic heterocycles. The van der Waals surface area contributed by atoms with Crippen LogP contribution in [0.4, 0.5) is 5.82 Å². The van der Waals surface area contributed by atoms with Gasteiger partial charge in [0.25, 0.3) is 0 Å². The number of hydrogen-bond acceptors (Lipinski definition) is 7. The number of aliphatic hydroxyl groups excluding tert-OH is 1. The van der Waals surface area contributed by atoms with Crippen molar-refractivity contribution in [2.24, 2.45) is 11.8 Å². The van der Waals surface area contributed by atoms with Gasteiger partial charge >= 0.3 is 6.01 Å². The van der Waals surface area contributed by atoms with E-state index >= 15 is 0 Å². The zero-order chi connectivity index (χ0) is 17.8. The van der Waals surface area contributed by atoms with E-state index in [0.29, 0.717) is 46.8 Å². The highest BCUT2D eigenvalue weighted by Gasteiger charge is 2.24. The first-order chi connectivity index (χ1) is 12.1. The van der Waals surface area contributed by atoms with Crippen molar-refractivity contribution in [1.82, 2.24) is 19.5 Å². The molecule has 3 N–H and O–H groups in total. The average Bonchev–Trinajstić information content (AvgIpc) is 2.92. The molecule has 0 aromatic carbocycles. The van der Waals surface area contributed by atoms with Crippen LogP contribution in [0.1, 0.15) is 25.7 Å². The second-order valence-corrected chi connectivity index (χ2v) is 7.19. The predicted molar refractivity (Wildman–Crippen MR) is 97.3 cm³/mol. The number of aromatic nitrogens is 4. The Morgan fingerprint density at radius 3 is 2.80 bits per heavy atom. The van der Waals surface area contributed by atoms with E-state index in [9.17, 15) is 5.11 Å². The average molecular weight is 414 g/mol. The standard InChI is InChI=1S/C16H24BrN5O3/c1-24-5-6-25-16-20-13(18)12-14(21-16)22(15(17)19-12)8-10-3-2-4-11(7-10)9-23/h10-11,23H,2-9H2,1H3,(H2,18,20,21). The molecule has 2 atom stereocenters. The second kappa shape index (κ2) is 8.29. The number of nitrogens with two attached hydrogens (primary N) is 1. The lowest BCUT2D eigenvalue weighted by Gasteiger charge is -2.28. The molecule has 2 aromatic heterocycles. The summed E-state index contributed by atoms with van der Waals surface area (Å²) in [5, 5.41) is 9.44. The van der Waals surface area contributed by atoms with E-state index in [1.165, 1.54) is 0 Å². The minimum atomic E-state index is 0.229. The zero-order valence-electron chi connectivity index (χ0n) is 14.3. The van der Waals surface area contributed by atoms with Crippen LogP contribution in [0.5, 0.6) is 6.01 Å². The van der Waals surface area contributed by atoms with Gasteiger partial charge in [0.2, 0.25) is 0 Å². The van der Waals surface area contributed by atoms with Gasteiger partial charge in [-0.25, -0.2) is 4.98 Å². The molecule has 1 aliphatic carbocycles. The molecule has 1 fully saturated rings. The van der Waals surface area contributed by atoms with Gasteiger partial charge in [-0.15, -0.1) is 0 Å². The molecule has 2 aromatic rings. The van der Waals surface area contributed by atoms with Crippen molar-refractivity contribution in [2.45, 2.75) is 32.2 Å². The summed E-state index contributed by atoms with van der Waals surface area (Å²) in [5.41, 5.74) is 7.26. The lowest BCUT2D eigenvalue weighted by atomic mass is 9.82. The number of aliphatic hydroxyl groups is 1. The van der Waals surface area contributed by atoms with E-state index in [-0.39, 0.29) is 12.6 Å². The molecular weight excluding hydrogens is 390 g/mol. The Hall–Kier alpha value is -1.45. The smallest absolute Gasteiger partial charge is 0.320 e. The zero-order valence-corrected chi connectivity index (χ0v) is 15.9. The molecule has 0 spiro atoms. The normalized spacial score (nSPS) is 20.9. The van der Waals surface area contributed by atoms with Crippen LogP contribution >= 0.6 is 15.9 Å². The molecule has 0 amide bonds. The largest absolute Gasteiger partial charge is 0.461 e. The van der Waals surface area contributed by atoms with Crippen molar-refractivity contribution in [3.8, 4) is 6.01 Å². The van der Waals surface area contributed by atoms with Gasteiger partial charge in [0.05, 0.1) is 6.61 Å². The SMILES string of the molecule is COCCOc1nc(N)c2nc(Br)n(CC3CCCC(CO)C3)c2n1. The molecule has 0 bridgehead atoms. The van der Waals surface area contributed by atoms with Crippen LogP contribution in [0.15, 0.2) is 4.73 Å². The number of imidazole rings is 1. The van der Waals surface area contributed by atoms with Crippen molar-refractivity contribution in [3.63, 3.8) is 0 Å². The molecule has 1 saturated carbocycles. The van der Waals surface area contributed by atoms with E-state index in [1.807, 2.05) is 4.57 Å². The van der Waals surface area contributed by atoms with Crippen LogP contribution in [-0.4, -0.2) is 51.6 Å². The van der Waals surface area contributed by atoms with Crippen molar-refractivity contribution < 1.29 is 14.6 Å². The Kier molecular flexibility index (Phi) is 6.08. The lowest BCUT2D eigenvalue weighted by molar-refractivity contribution is 0.141. The van der Waals surface area contributed by atoms with E-state index in [4.69, 9.17) is 15.2 Å². The number of halogens is 1. The van der Waals surface area contributed by atoms with Crippen LogP contribution in [0, 0.1) is 11.8 Å². The van der Waals surface area contributed by atoms with Crippen molar-refractivity contribution >= 4 is 32.9 Å². The molecular formula is C16H24BrN5O3. The summed E-state index contributed by atoms with van der Waals surface area (Å²) in [5.74, 6) is 1.17. The molecule has 9 heteroatoms. The number of rotatable bonds is 7. The van der Waals surface area contributed by atoms with Crippen molar-refractivity contribution in [2.75, 3.05) is 32.7 Å². The fraction of sp³-hybridized carbons (Fsp3) is 0.688. The molecule has 3 rings (SSSR count). The van der Waals surface area contributed by atoms with Crippen LogP contribution in [0.3, 0.4) is 0 Å². The maximum atomic E-state index is 9.44. The minimum Gasteiger partial charge on any atom is -0.461 e. The minimum absolute atomic E-state index is 0.229. The van der Waals surface area contributed by atoms with E-state index in [1.54, 1.807) is 7.11 Å². The number of hydrogen-bond donors (Lipinski definition) is 2. The maximum Gasteiger partial charge on any atom is 0.320 e. The summed E-state index contributed by atoms with van der Waals surface area (Å²) < 4.78 is 13.2. The molecule has 0 saturated heterocycles. The summed E-state index contributed by atoms with van der Waals surface area (Å²) in [7, 11) is 1.61. The summed E-state index contributed by atoms with van der Waals surface area (Å²) in [6, 6.07) is 0.229.